The number of rotatable bonds is 6. The smallest absolute Gasteiger partial charge is 0.338 e. The van der Waals surface area contributed by atoms with Crippen molar-refractivity contribution in [2.45, 2.75) is 30.9 Å². The van der Waals surface area contributed by atoms with E-state index in [0.717, 1.165) is 40.7 Å². The van der Waals surface area contributed by atoms with Crippen molar-refractivity contribution in [3.63, 3.8) is 0 Å². The van der Waals surface area contributed by atoms with Gasteiger partial charge in [-0.1, -0.05) is 37.6 Å². The highest BCUT2D eigenvalue weighted by Crippen LogP contribution is 2.24. The third-order valence-corrected chi connectivity index (χ3v) is 6.29. The molecule has 1 saturated heterocycles. The number of hydrogen-bond acceptors (Lipinski definition) is 4. The van der Waals surface area contributed by atoms with Gasteiger partial charge in [-0.2, -0.15) is 0 Å². The minimum atomic E-state index is -0.464. The molecule has 2 aromatic carbocycles. The van der Waals surface area contributed by atoms with Crippen molar-refractivity contribution < 1.29 is 14.3 Å². The van der Waals surface area contributed by atoms with E-state index >= 15 is 0 Å². The molecule has 1 fully saturated rings. The van der Waals surface area contributed by atoms with Crippen LogP contribution < -0.4 is 0 Å². The zero-order valence-electron chi connectivity index (χ0n) is 16.8. The quantitative estimate of drug-likeness (QED) is 0.460. The number of benzene rings is 2. The Morgan fingerprint density at radius 3 is 2.28 bits per heavy atom. The molecule has 4 nitrogen and oxygen atoms in total. The van der Waals surface area contributed by atoms with Crippen molar-refractivity contribution in [3.8, 4) is 0 Å². The molecule has 2 aromatic rings. The number of thioether (sulfide) groups is 1. The summed E-state index contributed by atoms with van der Waals surface area (Å²) in [4.78, 5) is 27.6. The van der Waals surface area contributed by atoms with E-state index in [9.17, 15) is 9.59 Å². The number of esters is 1. The van der Waals surface area contributed by atoms with Gasteiger partial charge in [0, 0.05) is 28.8 Å². The molecular formula is C23H26ClNO3S. The van der Waals surface area contributed by atoms with Gasteiger partial charge < -0.3 is 9.64 Å². The van der Waals surface area contributed by atoms with Gasteiger partial charge in [-0.25, -0.2) is 4.79 Å². The highest BCUT2D eigenvalue weighted by molar-refractivity contribution is 7.98. The van der Waals surface area contributed by atoms with Crippen molar-refractivity contribution in [3.05, 3.63) is 64.7 Å². The standard InChI is InChI=1S/C23H26ClNO3S/c1-16-11-17(2)13-25(12-16)22(26)14-28-23(27)19-5-3-18(4-6-19)15-29-21-9-7-20(24)8-10-21/h3-10,16-17H,11-15H2,1-2H3/t16-,17+. The van der Waals surface area contributed by atoms with Crippen LogP contribution in [0.5, 0.6) is 0 Å². The molecule has 0 N–H and O–H groups in total. The van der Waals surface area contributed by atoms with E-state index in [1.165, 1.54) is 0 Å². The van der Waals surface area contributed by atoms with Crippen LogP contribution in [0, 0.1) is 11.8 Å². The van der Waals surface area contributed by atoms with Crippen LogP contribution in [0.3, 0.4) is 0 Å². The Kier molecular flexibility index (Phi) is 7.62. The van der Waals surface area contributed by atoms with Crippen molar-refractivity contribution in [1.82, 2.24) is 4.90 Å². The summed E-state index contributed by atoms with van der Waals surface area (Å²) in [5, 5.41) is 0.722. The molecule has 154 valence electrons. The number of nitrogens with zero attached hydrogens (tertiary/aromatic N) is 1. The summed E-state index contributed by atoms with van der Waals surface area (Å²) in [5.74, 6) is 1.18. The Hall–Kier alpha value is -1.98. The van der Waals surface area contributed by atoms with E-state index in [1.807, 2.05) is 41.3 Å². The van der Waals surface area contributed by atoms with E-state index < -0.39 is 5.97 Å². The van der Waals surface area contributed by atoms with Crippen LogP contribution in [0.25, 0.3) is 0 Å². The first-order valence-electron chi connectivity index (χ1n) is 9.83. The molecule has 0 radical (unpaired) electrons. The Morgan fingerprint density at radius 1 is 1.03 bits per heavy atom. The minimum absolute atomic E-state index is 0.118. The highest BCUT2D eigenvalue weighted by atomic mass is 35.5. The third-order valence-electron chi connectivity index (χ3n) is 4.96. The van der Waals surface area contributed by atoms with E-state index in [-0.39, 0.29) is 12.5 Å². The maximum Gasteiger partial charge on any atom is 0.338 e. The Morgan fingerprint density at radius 2 is 1.66 bits per heavy atom. The molecule has 1 aliphatic rings. The fourth-order valence-electron chi connectivity index (χ4n) is 3.60. The fraction of sp³-hybridized carbons (Fsp3) is 0.391. The summed E-state index contributed by atoms with van der Waals surface area (Å²) in [5.41, 5.74) is 1.56. The first-order valence-corrected chi connectivity index (χ1v) is 11.2. The molecule has 0 aliphatic carbocycles. The molecule has 0 aromatic heterocycles. The van der Waals surface area contributed by atoms with Crippen LogP contribution in [0.2, 0.25) is 5.02 Å². The van der Waals surface area contributed by atoms with Crippen molar-refractivity contribution in [2.24, 2.45) is 11.8 Å². The lowest BCUT2D eigenvalue weighted by Crippen LogP contribution is -2.44. The van der Waals surface area contributed by atoms with Gasteiger partial charge in [-0.05, 0) is 60.2 Å². The van der Waals surface area contributed by atoms with E-state index in [0.29, 0.717) is 17.4 Å². The van der Waals surface area contributed by atoms with Gasteiger partial charge in [0.2, 0.25) is 0 Å². The summed E-state index contributed by atoms with van der Waals surface area (Å²) < 4.78 is 5.25. The molecule has 1 heterocycles. The molecule has 0 saturated carbocycles. The lowest BCUT2D eigenvalue weighted by Gasteiger charge is -2.34. The number of likely N-dealkylation sites (tertiary alicyclic amines) is 1. The monoisotopic (exact) mass is 431 g/mol. The zero-order valence-corrected chi connectivity index (χ0v) is 18.3. The van der Waals surface area contributed by atoms with Crippen LogP contribution in [0.4, 0.5) is 0 Å². The first kappa shape index (κ1) is 21.7. The molecule has 0 bridgehead atoms. The van der Waals surface area contributed by atoms with Crippen molar-refractivity contribution >= 4 is 35.2 Å². The number of amides is 1. The third kappa shape index (κ3) is 6.51. The van der Waals surface area contributed by atoms with E-state index in [4.69, 9.17) is 16.3 Å². The number of carbonyl (C=O) groups is 2. The molecular weight excluding hydrogens is 406 g/mol. The molecule has 0 spiro atoms. The van der Waals surface area contributed by atoms with E-state index in [2.05, 4.69) is 13.8 Å². The lowest BCUT2D eigenvalue weighted by molar-refractivity contribution is -0.137. The normalized spacial score (nSPS) is 19.1. The van der Waals surface area contributed by atoms with Crippen molar-refractivity contribution in [2.75, 3.05) is 19.7 Å². The molecule has 2 atom stereocenters. The molecule has 6 heteroatoms. The maximum atomic E-state index is 12.4. The number of halogens is 1. The second kappa shape index (κ2) is 10.2. The Labute approximate surface area is 181 Å². The average Bonchev–Trinajstić information content (AvgIpc) is 2.71. The lowest BCUT2D eigenvalue weighted by atomic mass is 9.92. The average molecular weight is 432 g/mol. The van der Waals surface area contributed by atoms with Crippen LogP contribution >= 0.6 is 23.4 Å². The van der Waals surface area contributed by atoms with Gasteiger partial charge in [0.05, 0.1) is 5.56 Å². The SMILES string of the molecule is C[C@@H]1C[C@H](C)CN(C(=O)COC(=O)c2ccc(CSc3ccc(Cl)cc3)cc2)C1. The second-order valence-corrected chi connectivity index (χ2v) is 9.25. The van der Waals surface area contributed by atoms with Crippen LogP contribution in [0.15, 0.2) is 53.4 Å². The van der Waals surface area contributed by atoms with Crippen molar-refractivity contribution in [1.29, 1.82) is 0 Å². The van der Waals surface area contributed by atoms with Gasteiger partial charge in [0.25, 0.3) is 5.91 Å². The number of carbonyl (C=O) groups excluding carboxylic acids is 2. The summed E-state index contributed by atoms with van der Waals surface area (Å²) in [6, 6.07) is 15.0. The fourth-order valence-corrected chi connectivity index (χ4v) is 4.58. The summed E-state index contributed by atoms with van der Waals surface area (Å²) >= 11 is 7.60. The van der Waals surface area contributed by atoms with Crippen LogP contribution in [-0.4, -0.2) is 36.5 Å². The number of piperidine rings is 1. The Balaban J connectivity index is 1.47. The summed E-state index contributed by atoms with van der Waals surface area (Å²) in [7, 11) is 0. The van der Waals surface area contributed by atoms with Gasteiger partial charge in [0.15, 0.2) is 6.61 Å². The summed E-state index contributed by atoms with van der Waals surface area (Å²) in [6.07, 6.45) is 1.13. The topological polar surface area (TPSA) is 46.6 Å². The first-order chi connectivity index (χ1) is 13.9. The highest BCUT2D eigenvalue weighted by Gasteiger charge is 2.26. The maximum absolute atomic E-state index is 12.4. The summed E-state index contributed by atoms with van der Waals surface area (Å²) in [6.45, 7) is 5.57. The molecule has 1 aliphatic heterocycles. The van der Waals surface area contributed by atoms with E-state index in [1.54, 1.807) is 23.9 Å². The molecule has 3 rings (SSSR count). The van der Waals surface area contributed by atoms with Crippen LogP contribution in [0.1, 0.15) is 36.2 Å². The molecule has 29 heavy (non-hydrogen) atoms. The zero-order chi connectivity index (χ0) is 20.8. The molecule has 0 unspecified atom stereocenters. The van der Waals surface area contributed by atoms with Crippen LogP contribution in [-0.2, 0) is 15.3 Å². The Bertz CT molecular complexity index is 828. The number of hydrogen-bond donors (Lipinski definition) is 0. The van der Waals surface area contributed by atoms with Gasteiger partial charge in [-0.3, -0.25) is 4.79 Å². The molecule has 1 amide bonds. The predicted molar refractivity (Wildman–Crippen MR) is 117 cm³/mol. The van der Waals surface area contributed by atoms with Gasteiger partial charge in [0.1, 0.15) is 0 Å². The largest absolute Gasteiger partial charge is 0.452 e. The minimum Gasteiger partial charge on any atom is -0.452 e. The second-order valence-electron chi connectivity index (χ2n) is 7.76. The van der Waals surface area contributed by atoms with Gasteiger partial charge in [-0.15, -0.1) is 11.8 Å². The predicted octanol–water partition coefficient (Wildman–Crippen LogP) is 5.29. The van der Waals surface area contributed by atoms with Gasteiger partial charge >= 0.3 is 5.97 Å². The number of ether oxygens (including phenoxy) is 1.